The molecule has 0 unspecified atom stereocenters. The molecule has 0 radical (unpaired) electrons. The lowest BCUT2D eigenvalue weighted by atomic mass is 10.1. The van der Waals surface area contributed by atoms with Crippen molar-refractivity contribution in [3.05, 3.63) is 0 Å². The van der Waals surface area contributed by atoms with Crippen LogP contribution in [-0.2, 0) is 9.53 Å². The maximum atomic E-state index is 12.4. The molecule has 1 N–H and O–H groups in total. The van der Waals surface area contributed by atoms with Gasteiger partial charge in [-0.3, -0.25) is 0 Å². The van der Waals surface area contributed by atoms with Gasteiger partial charge in [-0.1, -0.05) is 45.4 Å². The molecule has 0 aliphatic rings. The molecule has 3 nitrogen and oxygen atoms in total. The molecular weight excluding hydrogens is 218 g/mol. The van der Waals surface area contributed by atoms with Gasteiger partial charge in [0.1, 0.15) is 0 Å². The smallest absolute Gasteiger partial charge is 0.455 e. The Morgan fingerprint density at radius 3 is 2.12 bits per heavy atom. The third-order valence-corrected chi connectivity index (χ3v) is 2.28. The van der Waals surface area contributed by atoms with Crippen molar-refractivity contribution in [2.24, 2.45) is 0 Å². The molecule has 0 atom stereocenters. The van der Waals surface area contributed by atoms with Crippen molar-refractivity contribution < 1.29 is 23.4 Å². The summed E-state index contributed by atoms with van der Waals surface area (Å²) in [5.41, 5.74) is 0. The minimum atomic E-state index is -4.04. The predicted molar refractivity (Wildman–Crippen MR) is 56.5 cm³/mol. The second-order valence-corrected chi connectivity index (χ2v) is 3.79. The van der Waals surface area contributed by atoms with Gasteiger partial charge in [-0.05, 0) is 6.42 Å². The number of aliphatic carboxylic acids is 1. The van der Waals surface area contributed by atoms with Crippen LogP contribution in [0.4, 0.5) is 8.78 Å². The molecule has 5 heteroatoms. The van der Waals surface area contributed by atoms with Gasteiger partial charge in [0.05, 0.1) is 6.61 Å². The monoisotopic (exact) mass is 238 g/mol. The fraction of sp³-hybridized carbons (Fsp3) is 0.909. The van der Waals surface area contributed by atoms with E-state index in [1.807, 2.05) is 0 Å². The number of carbonyl (C=O) groups is 1. The first-order chi connectivity index (χ1) is 7.50. The standard InChI is InChI=1S/C11H20F2O3/c1-2-3-4-5-6-7-8-9-16-11(12,13)10(14)15/h2-9H2,1H3,(H,14,15). The molecule has 0 bridgehead atoms. The minimum absolute atomic E-state index is 0.201. The van der Waals surface area contributed by atoms with E-state index in [1.54, 1.807) is 0 Å². The number of rotatable bonds is 10. The number of unbranched alkanes of at least 4 members (excludes halogenated alkanes) is 6. The van der Waals surface area contributed by atoms with Crippen LogP contribution in [0, 0.1) is 0 Å². The highest BCUT2D eigenvalue weighted by Crippen LogP contribution is 2.16. The van der Waals surface area contributed by atoms with Crippen LogP contribution >= 0.6 is 0 Å². The maximum absolute atomic E-state index is 12.4. The fourth-order valence-corrected chi connectivity index (χ4v) is 1.32. The zero-order valence-corrected chi connectivity index (χ0v) is 9.68. The Balaban J connectivity index is 3.30. The Labute approximate surface area is 94.8 Å². The Kier molecular flexibility index (Phi) is 8.07. The minimum Gasteiger partial charge on any atom is -0.475 e. The molecule has 0 saturated heterocycles. The molecule has 0 amide bonds. The van der Waals surface area contributed by atoms with E-state index in [4.69, 9.17) is 5.11 Å². The summed E-state index contributed by atoms with van der Waals surface area (Å²) < 4.78 is 28.8. The average Bonchev–Trinajstić information content (AvgIpc) is 2.21. The van der Waals surface area contributed by atoms with E-state index in [0.29, 0.717) is 6.42 Å². The van der Waals surface area contributed by atoms with Gasteiger partial charge in [-0.2, -0.15) is 8.78 Å². The Bertz CT molecular complexity index is 196. The first-order valence-electron chi connectivity index (χ1n) is 5.76. The van der Waals surface area contributed by atoms with Crippen molar-refractivity contribution in [2.75, 3.05) is 6.61 Å². The van der Waals surface area contributed by atoms with Crippen LogP contribution in [0.3, 0.4) is 0 Å². The van der Waals surface area contributed by atoms with E-state index >= 15 is 0 Å². The van der Waals surface area contributed by atoms with Crippen molar-refractivity contribution in [1.82, 2.24) is 0 Å². The number of halogens is 2. The van der Waals surface area contributed by atoms with E-state index in [9.17, 15) is 13.6 Å². The zero-order chi connectivity index (χ0) is 12.4. The number of hydrogen-bond acceptors (Lipinski definition) is 2. The Hall–Kier alpha value is -0.710. The van der Waals surface area contributed by atoms with E-state index in [2.05, 4.69) is 11.7 Å². The summed E-state index contributed by atoms with van der Waals surface area (Å²) >= 11 is 0. The summed E-state index contributed by atoms with van der Waals surface area (Å²) in [6.45, 7) is 1.93. The number of carboxylic acid groups (broad SMARTS) is 1. The molecule has 0 aliphatic heterocycles. The third kappa shape index (κ3) is 7.56. The van der Waals surface area contributed by atoms with Crippen molar-refractivity contribution in [1.29, 1.82) is 0 Å². The average molecular weight is 238 g/mol. The summed E-state index contributed by atoms with van der Waals surface area (Å²) in [6.07, 6.45) is 2.88. The van der Waals surface area contributed by atoms with Crippen LogP contribution in [0.2, 0.25) is 0 Å². The van der Waals surface area contributed by atoms with E-state index in [0.717, 1.165) is 19.3 Å². The molecule has 96 valence electrons. The highest BCUT2D eigenvalue weighted by Gasteiger charge is 2.40. The second-order valence-electron chi connectivity index (χ2n) is 3.79. The van der Waals surface area contributed by atoms with Crippen LogP contribution in [0.5, 0.6) is 0 Å². The van der Waals surface area contributed by atoms with Crippen molar-refractivity contribution >= 4 is 5.97 Å². The van der Waals surface area contributed by atoms with Crippen LogP contribution in [0.1, 0.15) is 51.9 Å². The predicted octanol–water partition coefficient (Wildman–Crippen LogP) is 3.43. The second kappa shape index (κ2) is 8.44. The van der Waals surface area contributed by atoms with Gasteiger partial charge in [-0.15, -0.1) is 0 Å². The van der Waals surface area contributed by atoms with Crippen molar-refractivity contribution in [3.8, 4) is 0 Å². The highest BCUT2D eigenvalue weighted by atomic mass is 19.3. The lowest BCUT2D eigenvalue weighted by Crippen LogP contribution is -2.31. The van der Waals surface area contributed by atoms with Crippen LogP contribution < -0.4 is 0 Å². The molecule has 0 aromatic carbocycles. The molecule has 0 saturated carbocycles. The van der Waals surface area contributed by atoms with Crippen LogP contribution in [-0.4, -0.2) is 23.8 Å². The quantitative estimate of drug-likeness (QED) is 0.593. The molecule has 0 heterocycles. The van der Waals surface area contributed by atoms with Gasteiger partial charge in [0.2, 0.25) is 0 Å². The summed E-state index contributed by atoms with van der Waals surface area (Å²) in [5, 5.41) is 8.07. The summed E-state index contributed by atoms with van der Waals surface area (Å²) in [4.78, 5) is 9.98. The first-order valence-corrected chi connectivity index (χ1v) is 5.76. The van der Waals surface area contributed by atoms with Gasteiger partial charge in [0.15, 0.2) is 0 Å². The topological polar surface area (TPSA) is 46.5 Å². The van der Waals surface area contributed by atoms with Crippen LogP contribution in [0.15, 0.2) is 0 Å². The Morgan fingerprint density at radius 1 is 1.12 bits per heavy atom. The number of ether oxygens (including phenoxy) is 1. The normalized spacial score (nSPS) is 11.7. The fourth-order valence-electron chi connectivity index (χ4n) is 1.32. The van der Waals surface area contributed by atoms with Gasteiger partial charge in [0.25, 0.3) is 0 Å². The molecule has 16 heavy (non-hydrogen) atoms. The molecule has 0 aromatic rings. The van der Waals surface area contributed by atoms with Gasteiger partial charge in [0, 0.05) is 0 Å². The number of carboxylic acids is 1. The largest absolute Gasteiger partial charge is 0.475 e. The van der Waals surface area contributed by atoms with E-state index in [-0.39, 0.29) is 6.61 Å². The summed E-state index contributed by atoms with van der Waals surface area (Å²) in [5.74, 6) is -2.23. The molecule has 0 spiro atoms. The SMILES string of the molecule is CCCCCCCCCOC(F)(F)C(=O)O. The summed E-state index contributed by atoms with van der Waals surface area (Å²) in [6, 6.07) is 0. The van der Waals surface area contributed by atoms with Gasteiger partial charge >= 0.3 is 12.1 Å². The number of alkyl halides is 2. The lowest BCUT2D eigenvalue weighted by Gasteiger charge is -2.11. The molecular formula is C11H20F2O3. The first kappa shape index (κ1) is 15.3. The Morgan fingerprint density at radius 2 is 1.62 bits per heavy atom. The molecule has 0 aromatic heterocycles. The van der Waals surface area contributed by atoms with Crippen LogP contribution in [0.25, 0.3) is 0 Å². The van der Waals surface area contributed by atoms with Gasteiger partial charge < -0.3 is 9.84 Å². The summed E-state index contributed by atoms with van der Waals surface area (Å²) in [7, 11) is 0. The molecule has 0 rings (SSSR count). The highest BCUT2D eigenvalue weighted by molar-refractivity contribution is 5.73. The lowest BCUT2D eigenvalue weighted by molar-refractivity contribution is -0.245. The molecule has 0 fully saturated rings. The third-order valence-electron chi connectivity index (χ3n) is 2.28. The van der Waals surface area contributed by atoms with E-state index in [1.165, 1.54) is 19.3 Å². The molecule has 0 aliphatic carbocycles. The van der Waals surface area contributed by atoms with Gasteiger partial charge in [-0.25, -0.2) is 4.79 Å². The van der Waals surface area contributed by atoms with Crippen molar-refractivity contribution in [3.63, 3.8) is 0 Å². The van der Waals surface area contributed by atoms with E-state index < -0.39 is 12.1 Å². The number of hydrogen-bond donors (Lipinski definition) is 1. The zero-order valence-electron chi connectivity index (χ0n) is 9.68. The van der Waals surface area contributed by atoms with Crippen molar-refractivity contribution in [2.45, 2.75) is 58.0 Å². The maximum Gasteiger partial charge on any atom is 0.455 e.